The molecule has 1 heterocycles. The maximum Gasteiger partial charge on any atom is 0.107 e. The van der Waals surface area contributed by atoms with Gasteiger partial charge >= 0.3 is 0 Å². The van der Waals surface area contributed by atoms with Crippen LogP contribution in [-0.2, 0) is 4.74 Å². The van der Waals surface area contributed by atoms with Gasteiger partial charge in [-0.25, -0.2) is 0 Å². The third-order valence-corrected chi connectivity index (χ3v) is 2.61. The molecule has 0 aromatic carbocycles. The molecule has 3 nitrogen and oxygen atoms in total. The molecule has 3 heteroatoms. The molecule has 72 valence electrons. The van der Waals surface area contributed by atoms with E-state index < -0.39 is 6.10 Å². The van der Waals surface area contributed by atoms with Gasteiger partial charge in [0, 0.05) is 5.92 Å². The second-order valence-corrected chi connectivity index (χ2v) is 3.92. The molecule has 0 aromatic heterocycles. The summed E-state index contributed by atoms with van der Waals surface area (Å²) in [7, 11) is 0. The molecule has 0 radical (unpaired) electrons. The third kappa shape index (κ3) is 1.63. The molecule has 2 unspecified atom stereocenters. The summed E-state index contributed by atoms with van der Waals surface area (Å²) in [4.78, 5) is 0. The summed E-state index contributed by atoms with van der Waals surface area (Å²) in [6, 6.07) is 0. The first-order chi connectivity index (χ1) is 5.57. The van der Waals surface area contributed by atoms with Crippen LogP contribution < -0.4 is 0 Å². The topological polar surface area (TPSA) is 49.7 Å². The van der Waals surface area contributed by atoms with Crippen LogP contribution in [0.4, 0.5) is 0 Å². The molecule has 1 aliphatic rings. The molecule has 0 aromatic rings. The summed E-state index contributed by atoms with van der Waals surface area (Å²) in [6.45, 7) is 6.00. The lowest BCUT2D eigenvalue weighted by Gasteiger charge is -2.18. The normalized spacial score (nSPS) is 42.5. The molecule has 0 aliphatic carbocycles. The summed E-state index contributed by atoms with van der Waals surface area (Å²) < 4.78 is 5.50. The smallest absolute Gasteiger partial charge is 0.107 e. The highest BCUT2D eigenvalue weighted by atomic mass is 16.5. The number of ether oxygens (including phenoxy) is 1. The Morgan fingerprint density at radius 1 is 1.42 bits per heavy atom. The highest BCUT2D eigenvalue weighted by Crippen LogP contribution is 2.30. The van der Waals surface area contributed by atoms with Crippen molar-refractivity contribution in [1.82, 2.24) is 0 Å². The molecule has 1 aliphatic heterocycles. The van der Waals surface area contributed by atoms with Crippen LogP contribution in [0.3, 0.4) is 0 Å². The van der Waals surface area contributed by atoms with E-state index >= 15 is 0 Å². The molecular weight excluding hydrogens is 156 g/mol. The predicted molar refractivity (Wildman–Crippen MR) is 45.8 cm³/mol. The standard InChI is InChI=1S/C9H18O3/c1-5(2)9-6(3)8(11)7(4-10)12-9/h5-11H,4H2,1-3H3/t6?,7-,8-,9?/m1/s1. The van der Waals surface area contributed by atoms with Crippen molar-refractivity contribution in [2.45, 2.75) is 39.1 Å². The van der Waals surface area contributed by atoms with Crippen molar-refractivity contribution < 1.29 is 14.9 Å². The molecule has 1 saturated heterocycles. The molecule has 0 saturated carbocycles. The zero-order chi connectivity index (χ0) is 9.30. The predicted octanol–water partition coefficient (Wildman–Crippen LogP) is 0.399. The van der Waals surface area contributed by atoms with E-state index in [-0.39, 0.29) is 24.7 Å². The molecule has 1 rings (SSSR count). The van der Waals surface area contributed by atoms with E-state index in [9.17, 15) is 5.11 Å². The molecule has 12 heavy (non-hydrogen) atoms. The van der Waals surface area contributed by atoms with E-state index in [2.05, 4.69) is 13.8 Å². The molecule has 1 fully saturated rings. The first kappa shape index (κ1) is 9.96. The quantitative estimate of drug-likeness (QED) is 0.637. The third-order valence-electron chi connectivity index (χ3n) is 2.61. The van der Waals surface area contributed by atoms with Crippen molar-refractivity contribution >= 4 is 0 Å². The average Bonchev–Trinajstić information content (AvgIpc) is 2.30. The van der Waals surface area contributed by atoms with Gasteiger partial charge in [-0.2, -0.15) is 0 Å². The Kier molecular flexibility index (Phi) is 3.09. The Morgan fingerprint density at radius 2 is 2.00 bits per heavy atom. The zero-order valence-corrected chi connectivity index (χ0v) is 7.90. The van der Waals surface area contributed by atoms with Crippen LogP contribution in [0.1, 0.15) is 20.8 Å². The summed E-state index contributed by atoms with van der Waals surface area (Å²) in [5.41, 5.74) is 0. The van der Waals surface area contributed by atoms with Crippen molar-refractivity contribution in [2.24, 2.45) is 11.8 Å². The molecule has 4 atom stereocenters. The van der Waals surface area contributed by atoms with Crippen LogP contribution in [0.15, 0.2) is 0 Å². The van der Waals surface area contributed by atoms with Gasteiger partial charge in [-0.1, -0.05) is 20.8 Å². The molecular formula is C9H18O3. The van der Waals surface area contributed by atoms with E-state index in [0.717, 1.165) is 0 Å². The average molecular weight is 174 g/mol. The van der Waals surface area contributed by atoms with Crippen LogP contribution in [0, 0.1) is 11.8 Å². The minimum Gasteiger partial charge on any atom is -0.394 e. The van der Waals surface area contributed by atoms with E-state index in [0.29, 0.717) is 5.92 Å². The van der Waals surface area contributed by atoms with Crippen LogP contribution >= 0.6 is 0 Å². The van der Waals surface area contributed by atoms with E-state index in [1.54, 1.807) is 0 Å². The van der Waals surface area contributed by atoms with Gasteiger partial charge < -0.3 is 14.9 Å². The van der Waals surface area contributed by atoms with Gasteiger partial charge in [0.05, 0.1) is 18.8 Å². The molecule has 2 N–H and O–H groups in total. The van der Waals surface area contributed by atoms with Gasteiger partial charge in [0.2, 0.25) is 0 Å². The number of hydrogen-bond donors (Lipinski definition) is 2. The maximum atomic E-state index is 9.59. The monoisotopic (exact) mass is 174 g/mol. The minimum absolute atomic E-state index is 0.0807. The first-order valence-electron chi connectivity index (χ1n) is 4.52. The van der Waals surface area contributed by atoms with Gasteiger partial charge in [0.15, 0.2) is 0 Å². The lowest BCUT2D eigenvalue weighted by Crippen LogP contribution is -2.28. The van der Waals surface area contributed by atoms with E-state index in [1.807, 2.05) is 6.92 Å². The molecule has 0 spiro atoms. The van der Waals surface area contributed by atoms with Crippen molar-refractivity contribution in [3.8, 4) is 0 Å². The van der Waals surface area contributed by atoms with Crippen LogP contribution in [0.25, 0.3) is 0 Å². The number of aliphatic hydroxyl groups is 2. The fourth-order valence-corrected chi connectivity index (χ4v) is 1.85. The van der Waals surface area contributed by atoms with E-state index in [1.165, 1.54) is 0 Å². The van der Waals surface area contributed by atoms with Crippen molar-refractivity contribution in [2.75, 3.05) is 6.61 Å². The molecule has 0 amide bonds. The summed E-state index contributed by atoms with van der Waals surface area (Å²) in [5.74, 6) is 0.522. The van der Waals surface area contributed by atoms with Crippen LogP contribution in [0.5, 0.6) is 0 Å². The summed E-state index contributed by atoms with van der Waals surface area (Å²) in [5, 5.41) is 18.5. The Bertz CT molecular complexity index is 147. The fourth-order valence-electron chi connectivity index (χ4n) is 1.85. The molecule has 0 bridgehead atoms. The Morgan fingerprint density at radius 3 is 2.25 bits per heavy atom. The largest absolute Gasteiger partial charge is 0.394 e. The van der Waals surface area contributed by atoms with Crippen LogP contribution in [-0.4, -0.2) is 35.1 Å². The first-order valence-corrected chi connectivity index (χ1v) is 4.52. The Labute approximate surface area is 73.4 Å². The highest BCUT2D eigenvalue weighted by Gasteiger charge is 2.41. The summed E-state index contributed by atoms with van der Waals surface area (Å²) in [6.07, 6.45) is -0.813. The van der Waals surface area contributed by atoms with Gasteiger partial charge in [-0.15, -0.1) is 0 Å². The number of aliphatic hydroxyl groups excluding tert-OH is 2. The zero-order valence-electron chi connectivity index (χ0n) is 7.90. The lowest BCUT2D eigenvalue weighted by atomic mass is 9.92. The minimum atomic E-state index is -0.512. The number of hydrogen-bond acceptors (Lipinski definition) is 3. The Hall–Kier alpha value is -0.120. The van der Waals surface area contributed by atoms with E-state index in [4.69, 9.17) is 9.84 Å². The van der Waals surface area contributed by atoms with Crippen molar-refractivity contribution in [1.29, 1.82) is 0 Å². The second-order valence-electron chi connectivity index (χ2n) is 3.92. The summed E-state index contributed by atoms with van der Waals surface area (Å²) >= 11 is 0. The van der Waals surface area contributed by atoms with Gasteiger partial charge in [-0.05, 0) is 5.92 Å². The highest BCUT2D eigenvalue weighted by molar-refractivity contribution is 4.88. The SMILES string of the molecule is CC(C)C1O[C@H](CO)[C@H](O)C1C. The van der Waals surface area contributed by atoms with Crippen molar-refractivity contribution in [3.63, 3.8) is 0 Å². The second kappa shape index (κ2) is 3.73. The number of rotatable bonds is 2. The van der Waals surface area contributed by atoms with Gasteiger partial charge in [0.25, 0.3) is 0 Å². The van der Waals surface area contributed by atoms with Gasteiger partial charge in [0.1, 0.15) is 6.10 Å². The van der Waals surface area contributed by atoms with Crippen LogP contribution in [0.2, 0.25) is 0 Å². The Balaban J connectivity index is 2.60. The lowest BCUT2D eigenvalue weighted by molar-refractivity contribution is -0.0341. The van der Waals surface area contributed by atoms with Crippen molar-refractivity contribution in [3.05, 3.63) is 0 Å². The maximum absolute atomic E-state index is 9.59. The fraction of sp³-hybridized carbons (Fsp3) is 1.00. The van der Waals surface area contributed by atoms with Gasteiger partial charge in [-0.3, -0.25) is 0 Å².